The van der Waals surface area contributed by atoms with Gasteiger partial charge in [-0.3, -0.25) is 4.79 Å². The van der Waals surface area contributed by atoms with Crippen LogP contribution in [-0.2, 0) is 19.6 Å². The van der Waals surface area contributed by atoms with E-state index in [4.69, 9.17) is 10.00 Å². The molecular formula is C15H17FN2O4S. The Hall–Kier alpha value is -1.98. The normalized spacial score (nSPS) is 16.2. The lowest BCUT2D eigenvalue weighted by Crippen LogP contribution is -2.48. The third kappa shape index (κ3) is 3.35. The first-order chi connectivity index (χ1) is 10.9. The third-order valence-electron chi connectivity index (χ3n) is 4.18. The van der Waals surface area contributed by atoms with E-state index in [-0.39, 0.29) is 0 Å². The van der Waals surface area contributed by atoms with E-state index in [9.17, 15) is 17.6 Å². The number of amides is 1. The minimum Gasteiger partial charge on any atom is -0.385 e. The molecule has 1 aromatic carbocycles. The SMILES string of the molecule is COCCC1(C(=O)NS(=O)(=O)c2cccc(F)c2C#N)CCC1. The predicted molar refractivity (Wildman–Crippen MR) is 79.2 cm³/mol. The van der Waals surface area contributed by atoms with Crippen molar-refractivity contribution in [2.24, 2.45) is 5.41 Å². The van der Waals surface area contributed by atoms with Crippen LogP contribution in [-0.4, -0.2) is 28.0 Å². The van der Waals surface area contributed by atoms with Crippen molar-refractivity contribution in [1.29, 1.82) is 5.26 Å². The van der Waals surface area contributed by atoms with E-state index in [0.29, 0.717) is 25.9 Å². The third-order valence-corrected chi connectivity index (χ3v) is 5.55. The van der Waals surface area contributed by atoms with E-state index in [1.54, 1.807) is 0 Å². The molecule has 0 aromatic heterocycles. The summed E-state index contributed by atoms with van der Waals surface area (Å²) < 4.78 is 45.2. The van der Waals surface area contributed by atoms with Crippen molar-refractivity contribution >= 4 is 15.9 Å². The maximum Gasteiger partial charge on any atom is 0.265 e. The van der Waals surface area contributed by atoms with Crippen LogP contribution in [0.25, 0.3) is 0 Å². The number of rotatable bonds is 6. The lowest BCUT2D eigenvalue weighted by molar-refractivity contribution is -0.135. The highest BCUT2D eigenvalue weighted by molar-refractivity contribution is 7.90. The highest BCUT2D eigenvalue weighted by Crippen LogP contribution is 2.44. The van der Waals surface area contributed by atoms with Crippen LogP contribution < -0.4 is 4.72 Å². The smallest absolute Gasteiger partial charge is 0.265 e. The van der Waals surface area contributed by atoms with Gasteiger partial charge in [-0.25, -0.2) is 17.5 Å². The highest BCUT2D eigenvalue weighted by atomic mass is 32.2. The van der Waals surface area contributed by atoms with Crippen LogP contribution in [0.15, 0.2) is 23.1 Å². The summed E-state index contributed by atoms with van der Waals surface area (Å²) in [6.07, 6.45) is 2.40. The topological polar surface area (TPSA) is 96.3 Å². The number of methoxy groups -OCH3 is 1. The second kappa shape index (κ2) is 6.64. The maximum atomic E-state index is 13.6. The summed E-state index contributed by atoms with van der Waals surface area (Å²) in [6.45, 7) is 0.344. The average molecular weight is 340 g/mol. The largest absolute Gasteiger partial charge is 0.385 e. The molecule has 0 atom stereocenters. The molecule has 0 aliphatic heterocycles. The minimum atomic E-state index is -4.31. The van der Waals surface area contributed by atoms with Crippen molar-refractivity contribution in [2.45, 2.75) is 30.6 Å². The molecule has 1 N–H and O–H groups in total. The fourth-order valence-electron chi connectivity index (χ4n) is 2.61. The number of halogens is 1. The van der Waals surface area contributed by atoms with Crippen LogP contribution >= 0.6 is 0 Å². The average Bonchev–Trinajstić information content (AvgIpc) is 2.45. The quantitative estimate of drug-likeness (QED) is 0.850. The predicted octanol–water partition coefficient (Wildman–Crippen LogP) is 1.71. The molecule has 23 heavy (non-hydrogen) atoms. The first-order valence-corrected chi connectivity index (χ1v) is 8.59. The number of nitrogens with zero attached hydrogens (tertiary/aromatic N) is 1. The van der Waals surface area contributed by atoms with Gasteiger partial charge in [0.2, 0.25) is 5.91 Å². The van der Waals surface area contributed by atoms with Gasteiger partial charge >= 0.3 is 0 Å². The first kappa shape index (κ1) is 17.4. The van der Waals surface area contributed by atoms with Crippen molar-refractivity contribution < 1.29 is 22.3 Å². The number of sulfonamides is 1. The number of nitrogens with one attached hydrogen (secondary N) is 1. The van der Waals surface area contributed by atoms with Crippen LogP contribution in [0, 0.1) is 22.6 Å². The molecule has 0 saturated heterocycles. The summed E-state index contributed by atoms with van der Waals surface area (Å²) in [5, 5.41) is 8.95. The van der Waals surface area contributed by atoms with E-state index >= 15 is 0 Å². The van der Waals surface area contributed by atoms with Crippen molar-refractivity contribution in [3.8, 4) is 6.07 Å². The van der Waals surface area contributed by atoms with E-state index in [1.807, 2.05) is 4.72 Å². The minimum absolute atomic E-state index is 0.344. The van der Waals surface area contributed by atoms with Gasteiger partial charge in [0.15, 0.2) is 0 Å². The number of hydrogen-bond acceptors (Lipinski definition) is 5. The van der Waals surface area contributed by atoms with Gasteiger partial charge in [0, 0.05) is 13.7 Å². The Labute approximate surface area is 134 Å². The van der Waals surface area contributed by atoms with Crippen molar-refractivity contribution in [3.63, 3.8) is 0 Å². The molecule has 2 rings (SSSR count). The lowest BCUT2D eigenvalue weighted by Gasteiger charge is -2.39. The van der Waals surface area contributed by atoms with Crippen LogP contribution in [0.2, 0.25) is 0 Å². The number of benzene rings is 1. The molecule has 0 heterocycles. The molecule has 1 fully saturated rings. The molecule has 0 unspecified atom stereocenters. The molecule has 6 nitrogen and oxygen atoms in total. The lowest BCUT2D eigenvalue weighted by atomic mass is 9.66. The van der Waals surface area contributed by atoms with Gasteiger partial charge in [-0.05, 0) is 31.4 Å². The fraction of sp³-hybridized carbons (Fsp3) is 0.467. The van der Waals surface area contributed by atoms with Crippen molar-refractivity contribution in [2.75, 3.05) is 13.7 Å². The Morgan fingerprint density at radius 1 is 1.48 bits per heavy atom. The summed E-state index contributed by atoms with van der Waals surface area (Å²) in [6, 6.07) is 4.79. The number of nitriles is 1. The first-order valence-electron chi connectivity index (χ1n) is 7.11. The number of hydrogen-bond donors (Lipinski definition) is 1. The van der Waals surface area contributed by atoms with Gasteiger partial charge in [-0.2, -0.15) is 5.26 Å². The molecule has 124 valence electrons. The standard InChI is InChI=1S/C15H17FN2O4S/c1-22-9-8-15(6-3-7-15)14(19)18-23(20,21)13-5-2-4-12(16)11(13)10-17/h2,4-5H,3,6-9H2,1H3,(H,18,19). The number of carbonyl (C=O) groups is 1. The molecule has 0 bridgehead atoms. The molecule has 8 heteroatoms. The van der Waals surface area contributed by atoms with Gasteiger partial charge in [0.05, 0.1) is 5.41 Å². The second-order valence-corrected chi connectivity index (χ2v) is 7.19. The molecule has 1 aromatic rings. The van der Waals surface area contributed by atoms with Gasteiger partial charge in [0.25, 0.3) is 10.0 Å². The van der Waals surface area contributed by atoms with E-state index in [2.05, 4.69) is 0 Å². The molecule has 1 saturated carbocycles. The molecule has 1 aliphatic carbocycles. The van der Waals surface area contributed by atoms with Crippen molar-refractivity contribution in [3.05, 3.63) is 29.6 Å². The molecular weight excluding hydrogens is 323 g/mol. The van der Waals surface area contributed by atoms with Crippen LogP contribution in [0.4, 0.5) is 4.39 Å². The van der Waals surface area contributed by atoms with E-state index in [0.717, 1.165) is 18.6 Å². The molecule has 1 aliphatic rings. The van der Waals surface area contributed by atoms with E-state index < -0.39 is 37.6 Å². The van der Waals surface area contributed by atoms with Crippen molar-refractivity contribution in [1.82, 2.24) is 4.72 Å². The van der Waals surface area contributed by atoms with Crippen LogP contribution in [0.3, 0.4) is 0 Å². The van der Waals surface area contributed by atoms with Gasteiger partial charge in [-0.1, -0.05) is 12.5 Å². The highest BCUT2D eigenvalue weighted by Gasteiger charge is 2.45. The van der Waals surface area contributed by atoms with Gasteiger partial charge in [0.1, 0.15) is 22.3 Å². The molecule has 0 spiro atoms. The molecule has 1 amide bonds. The zero-order valence-corrected chi connectivity index (χ0v) is 13.5. The summed E-state index contributed by atoms with van der Waals surface area (Å²) in [4.78, 5) is 11.9. The van der Waals surface area contributed by atoms with Crippen LogP contribution in [0.5, 0.6) is 0 Å². The maximum absolute atomic E-state index is 13.6. The Kier molecular flexibility index (Phi) is 5.02. The molecule has 0 radical (unpaired) electrons. The monoisotopic (exact) mass is 340 g/mol. The summed E-state index contributed by atoms with van der Waals surface area (Å²) in [5.41, 5.74) is -1.38. The fourth-order valence-corrected chi connectivity index (χ4v) is 3.85. The second-order valence-electron chi connectivity index (χ2n) is 5.54. The van der Waals surface area contributed by atoms with Gasteiger partial charge in [-0.15, -0.1) is 0 Å². The summed E-state index contributed by atoms with van der Waals surface area (Å²) >= 11 is 0. The van der Waals surface area contributed by atoms with E-state index in [1.165, 1.54) is 19.2 Å². The summed E-state index contributed by atoms with van der Waals surface area (Å²) in [7, 11) is -2.81. The Bertz CT molecular complexity index is 751. The summed E-state index contributed by atoms with van der Waals surface area (Å²) in [5.74, 6) is -1.57. The Morgan fingerprint density at radius 2 is 2.17 bits per heavy atom. The Morgan fingerprint density at radius 3 is 2.70 bits per heavy atom. The van der Waals surface area contributed by atoms with Crippen LogP contribution in [0.1, 0.15) is 31.2 Å². The Balaban J connectivity index is 2.27. The number of carbonyl (C=O) groups excluding carboxylic acids is 1. The zero-order valence-electron chi connectivity index (χ0n) is 12.6. The van der Waals surface area contributed by atoms with Gasteiger partial charge < -0.3 is 4.74 Å². The zero-order chi connectivity index (χ0) is 17.1. The number of ether oxygens (including phenoxy) is 1.